The lowest BCUT2D eigenvalue weighted by Gasteiger charge is -2.22. The van der Waals surface area contributed by atoms with Crippen LogP contribution in [0, 0.1) is 12.7 Å². The molecule has 0 aliphatic carbocycles. The normalized spacial score (nSPS) is 12.9. The number of aliphatic carboxylic acids is 1. The van der Waals surface area contributed by atoms with Crippen LogP contribution in [-0.4, -0.2) is 22.2 Å². The Balaban J connectivity index is 2.04. The van der Waals surface area contributed by atoms with Crippen LogP contribution in [0.15, 0.2) is 47.3 Å². The van der Waals surface area contributed by atoms with Gasteiger partial charge in [0.25, 0.3) is 5.56 Å². The molecule has 0 amide bonds. The number of carboxylic acids is 1. The number of benzene rings is 2. The van der Waals surface area contributed by atoms with Gasteiger partial charge < -0.3 is 14.4 Å². The molecule has 0 fully saturated rings. The third-order valence-electron chi connectivity index (χ3n) is 5.62. The Bertz CT molecular complexity index is 1210. The first-order valence-corrected chi connectivity index (χ1v) is 9.83. The van der Waals surface area contributed by atoms with Gasteiger partial charge >= 0.3 is 5.97 Å². The zero-order valence-electron chi connectivity index (χ0n) is 16.9. The molecule has 0 saturated heterocycles. The van der Waals surface area contributed by atoms with Crippen LogP contribution in [0.25, 0.3) is 22.3 Å². The number of nitrogens with zero attached hydrogens (tertiary/aromatic N) is 1. The van der Waals surface area contributed by atoms with E-state index < -0.39 is 17.3 Å². The fourth-order valence-corrected chi connectivity index (χ4v) is 4.19. The van der Waals surface area contributed by atoms with Crippen molar-refractivity contribution in [1.29, 1.82) is 0 Å². The molecule has 1 N–H and O–H groups in total. The molecular formula is C24H22FNO4. The van der Waals surface area contributed by atoms with Gasteiger partial charge in [-0.2, -0.15) is 0 Å². The molecule has 1 aromatic heterocycles. The maximum Gasteiger partial charge on any atom is 0.309 e. The number of hydrogen-bond donors (Lipinski definition) is 1. The van der Waals surface area contributed by atoms with Gasteiger partial charge in [0.2, 0.25) is 0 Å². The van der Waals surface area contributed by atoms with E-state index in [4.69, 9.17) is 4.74 Å². The van der Waals surface area contributed by atoms with E-state index in [0.29, 0.717) is 23.4 Å². The number of carbonyl (C=O) groups is 1. The summed E-state index contributed by atoms with van der Waals surface area (Å²) in [5.41, 5.74) is 3.47. The highest BCUT2D eigenvalue weighted by molar-refractivity contribution is 5.83. The van der Waals surface area contributed by atoms with Crippen LogP contribution in [0.3, 0.4) is 0 Å². The molecule has 6 heteroatoms. The van der Waals surface area contributed by atoms with Crippen LogP contribution < -0.4 is 10.3 Å². The molecule has 2 heterocycles. The fourth-order valence-electron chi connectivity index (χ4n) is 4.19. The molecule has 5 nitrogen and oxygen atoms in total. The summed E-state index contributed by atoms with van der Waals surface area (Å²) in [4.78, 5) is 24.7. The van der Waals surface area contributed by atoms with Crippen molar-refractivity contribution in [3.8, 4) is 28.0 Å². The molecule has 0 bridgehead atoms. The zero-order valence-corrected chi connectivity index (χ0v) is 16.9. The Morgan fingerprint density at radius 3 is 2.70 bits per heavy atom. The first-order valence-electron chi connectivity index (χ1n) is 9.83. The maximum absolute atomic E-state index is 14.6. The SMILES string of the molecule is Cc1c(-c2ccc3c(c2)CCCO3)c(CC(=O)O)n(C)c(=O)c1-c1ccccc1F. The summed E-state index contributed by atoms with van der Waals surface area (Å²) in [5, 5.41) is 9.47. The highest BCUT2D eigenvalue weighted by Crippen LogP contribution is 2.36. The molecule has 0 atom stereocenters. The Labute approximate surface area is 173 Å². The number of fused-ring (bicyclic) bond motifs is 1. The third-order valence-corrected chi connectivity index (χ3v) is 5.62. The second kappa shape index (κ2) is 7.78. The predicted molar refractivity (Wildman–Crippen MR) is 112 cm³/mol. The number of aryl methyl sites for hydroxylation is 1. The Morgan fingerprint density at radius 2 is 1.97 bits per heavy atom. The van der Waals surface area contributed by atoms with Crippen molar-refractivity contribution in [2.45, 2.75) is 26.2 Å². The van der Waals surface area contributed by atoms with Gasteiger partial charge in [0.05, 0.1) is 18.6 Å². The van der Waals surface area contributed by atoms with Crippen molar-refractivity contribution in [3.63, 3.8) is 0 Å². The lowest BCUT2D eigenvalue weighted by Crippen LogP contribution is -2.26. The van der Waals surface area contributed by atoms with Crippen LogP contribution in [0.5, 0.6) is 5.75 Å². The molecule has 0 unspecified atom stereocenters. The molecule has 4 rings (SSSR count). The van der Waals surface area contributed by atoms with Crippen molar-refractivity contribution in [1.82, 2.24) is 4.57 Å². The lowest BCUT2D eigenvalue weighted by atomic mass is 9.89. The summed E-state index contributed by atoms with van der Waals surface area (Å²) < 4.78 is 21.6. The van der Waals surface area contributed by atoms with E-state index >= 15 is 0 Å². The van der Waals surface area contributed by atoms with Gasteiger partial charge in [0.15, 0.2) is 0 Å². The third kappa shape index (κ3) is 3.38. The van der Waals surface area contributed by atoms with Crippen LogP contribution in [0.4, 0.5) is 4.39 Å². The first kappa shape index (κ1) is 19.9. The topological polar surface area (TPSA) is 68.5 Å². The summed E-state index contributed by atoms with van der Waals surface area (Å²) >= 11 is 0. The summed E-state index contributed by atoms with van der Waals surface area (Å²) in [7, 11) is 1.54. The largest absolute Gasteiger partial charge is 0.493 e. The molecule has 1 aliphatic heterocycles. The summed E-state index contributed by atoms with van der Waals surface area (Å²) in [5.74, 6) is -0.708. The Hall–Kier alpha value is -3.41. The van der Waals surface area contributed by atoms with E-state index in [1.807, 2.05) is 18.2 Å². The summed E-state index contributed by atoms with van der Waals surface area (Å²) in [6.07, 6.45) is 1.46. The molecule has 3 aromatic rings. The van der Waals surface area contributed by atoms with Crippen molar-refractivity contribution in [2.75, 3.05) is 6.61 Å². The van der Waals surface area contributed by atoms with Crippen LogP contribution in [0.1, 0.15) is 23.2 Å². The Kier molecular flexibility index (Phi) is 5.16. The second-order valence-corrected chi connectivity index (χ2v) is 7.51. The van der Waals surface area contributed by atoms with Crippen molar-refractivity contribution < 1.29 is 19.0 Å². The van der Waals surface area contributed by atoms with E-state index in [0.717, 1.165) is 29.7 Å². The molecular weight excluding hydrogens is 385 g/mol. The van der Waals surface area contributed by atoms with Gasteiger partial charge in [-0.25, -0.2) is 4.39 Å². The van der Waals surface area contributed by atoms with Crippen LogP contribution >= 0.6 is 0 Å². The smallest absolute Gasteiger partial charge is 0.309 e. The minimum Gasteiger partial charge on any atom is -0.493 e. The highest BCUT2D eigenvalue weighted by Gasteiger charge is 2.24. The van der Waals surface area contributed by atoms with Gasteiger partial charge in [-0.1, -0.05) is 24.3 Å². The minimum atomic E-state index is -1.04. The number of aromatic nitrogens is 1. The van der Waals surface area contributed by atoms with Crippen LogP contribution in [-0.2, 0) is 24.7 Å². The van der Waals surface area contributed by atoms with E-state index in [1.165, 1.54) is 17.7 Å². The van der Waals surface area contributed by atoms with Gasteiger partial charge in [0.1, 0.15) is 11.6 Å². The van der Waals surface area contributed by atoms with Gasteiger partial charge in [0, 0.05) is 23.9 Å². The summed E-state index contributed by atoms with van der Waals surface area (Å²) in [6, 6.07) is 11.9. The molecule has 0 saturated carbocycles. The number of halogens is 1. The standard InChI is InChI=1S/C24H22FNO4/c1-14-22(16-9-10-20-15(12-16)6-5-11-30-20)19(13-21(27)28)26(2)24(29)23(14)17-7-3-4-8-18(17)25/h3-4,7-10,12H,5-6,11,13H2,1-2H3,(H,27,28). The molecule has 154 valence electrons. The highest BCUT2D eigenvalue weighted by atomic mass is 19.1. The average molecular weight is 407 g/mol. The maximum atomic E-state index is 14.6. The Morgan fingerprint density at radius 1 is 1.20 bits per heavy atom. The van der Waals surface area contributed by atoms with Gasteiger partial charge in [-0.3, -0.25) is 9.59 Å². The molecule has 30 heavy (non-hydrogen) atoms. The monoisotopic (exact) mass is 407 g/mol. The molecule has 0 radical (unpaired) electrons. The van der Waals surface area contributed by atoms with Crippen LogP contribution in [0.2, 0.25) is 0 Å². The molecule has 2 aromatic carbocycles. The number of carboxylic acid groups (broad SMARTS) is 1. The first-order chi connectivity index (χ1) is 14.4. The van der Waals surface area contributed by atoms with E-state index in [9.17, 15) is 19.1 Å². The molecule has 1 aliphatic rings. The fraction of sp³-hybridized carbons (Fsp3) is 0.250. The van der Waals surface area contributed by atoms with Gasteiger partial charge in [-0.15, -0.1) is 0 Å². The number of ether oxygens (including phenoxy) is 1. The summed E-state index contributed by atoms with van der Waals surface area (Å²) in [6.45, 7) is 2.42. The van der Waals surface area contributed by atoms with Crippen molar-refractivity contribution >= 4 is 5.97 Å². The van der Waals surface area contributed by atoms with E-state index in [1.54, 1.807) is 25.1 Å². The lowest BCUT2D eigenvalue weighted by molar-refractivity contribution is -0.136. The van der Waals surface area contributed by atoms with E-state index in [-0.39, 0.29) is 17.5 Å². The number of rotatable bonds is 4. The molecule has 0 spiro atoms. The second-order valence-electron chi connectivity index (χ2n) is 7.51. The number of hydrogen-bond acceptors (Lipinski definition) is 3. The van der Waals surface area contributed by atoms with Gasteiger partial charge in [-0.05, 0) is 54.7 Å². The van der Waals surface area contributed by atoms with Crippen molar-refractivity contribution in [2.24, 2.45) is 7.05 Å². The zero-order chi connectivity index (χ0) is 21.4. The predicted octanol–water partition coefficient (Wildman–Crippen LogP) is 4.12. The number of pyridine rings is 1. The van der Waals surface area contributed by atoms with E-state index in [2.05, 4.69) is 0 Å². The van der Waals surface area contributed by atoms with Crippen molar-refractivity contribution in [3.05, 3.63) is 75.5 Å². The average Bonchev–Trinajstić information content (AvgIpc) is 2.73. The minimum absolute atomic E-state index is 0.208. The quantitative estimate of drug-likeness (QED) is 0.707.